The Labute approximate surface area is 119 Å². The third-order valence-corrected chi connectivity index (χ3v) is 3.60. The number of amides is 1. The number of ether oxygens (including phenoxy) is 1. The topological polar surface area (TPSA) is 75.8 Å². The van der Waals surface area contributed by atoms with Gasteiger partial charge in [0.1, 0.15) is 5.75 Å². The first-order valence-electron chi connectivity index (χ1n) is 6.92. The van der Waals surface area contributed by atoms with Gasteiger partial charge in [-0.15, -0.1) is 0 Å². The number of nitrogens with two attached hydrogens (primary N) is 1. The number of aliphatic hydroxyl groups excluding tert-OH is 1. The molecule has 0 aliphatic carbocycles. The number of carbonyl (C=O) groups excluding carboxylic acids is 1. The highest BCUT2D eigenvalue weighted by molar-refractivity contribution is 5.99. The Morgan fingerprint density at radius 2 is 2.15 bits per heavy atom. The van der Waals surface area contributed by atoms with E-state index in [0.29, 0.717) is 24.4 Å². The summed E-state index contributed by atoms with van der Waals surface area (Å²) in [6, 6.07) is 5.42. The summed E-state index contributed by atoms with van der Waals surface area (Å²) in [5.41, 5.74) is 6.90. The molecular formula is C15H22N2O3. The Bertz CT molecular complexity index is 502. The number of likely N-dealkylation sites (N-methyl/N-ethyl adjacent to an activating group) is 1. The molecule has 1 aromatic carbocycles. The molecule has 1 amide bonds. The van der Waals surface area contributed by atoms with E-state index >= 15 is 0 Å². The van der Waals surface area contributed by atoms with Crippen LogP contribution in [0.25, 0.3) is 0 Å². The summed E-state index contributed by atoms with van der Waals surface area (Å²) in [5.74, 6) is 0.730. The first-order valence-corrected chi connectivity index (χ1v) is 6.92. The Hall–Kier alpha value is -1.59. The van der Waals surface area contributed by atoms with E-state index in [1.807, 2.05) is 26.0 Å². The number of aliphatic hydroxyl groups is 1. The molecular weight excluding hydrogens is 256 g/mol. The van der Waals surface area contributed by atoms with Crippen molar-refractivity contribution in [3.8, 4) is 5.75 Å². The van der Waals surface area contributed by atoms with Crippen LogP contribution in [0.2, 0.25) is 0 Å². The number of benzene rings is 1. The third kappa shape index (κ3) is 2.64. The van der Waals surface area contributed by atoms with Crippen LogP contribution in [0.1, 0.15) is 31.9 Å². The molecule has 1 aliphatic heterocycles. The van der Waals surface area contributed by atoms with Gasteiger partial charge >= 0.3 is 0 Å². The van der Waals surface area contributed by atoms with Crippen LogP contribution in [0.3, 0.4) is 0 Å². The second-order valence-electron chi connectivity index (χ2n) is 5.50. The van der Waals surface area contributed by atoms with Crippen LogP contribution < -0.4 is 15.4 Å². The zero-order valence-electron chi connectivity index (χ0n) is 12.2. The normalized spacial score (nSPS) is 19.8. The van der Waals surface area contributed by atoms with E-state index in [1.165, 1.54) is 0 Å². The van der Waals surface area contributed by atoms with Crippen LogP contribution in [0.15, 0.2) is 18.2 Å². The van der Waals surface area contributed by atoms with Crippen molar-refractivity contribution in [1.29, 1.82) is 0 Å². The number of carbonyl (C=O) groups is 1. The molecule has 3 N–H and O–H groups in total. The van der Waals surface area contributed by atoms with Crippen LogP contribution in [-0.4, -0.2) is 30.7 Å². The second-order valence-corrected chi connectivity index (χ2v) is 5.50. The van der Waals surface area contributed by atoms with Gasteiger partial charge in [-0.05, 0) is 36.6 Å². The van der Waals surface area contributed by atoms with Crippen molar-refractivity contribution in [2.75, 3.05) is 18.5 Å². The molecule has 0 spiro atoms. The Morgan fingerprint density at radius 3 is 2.75 bits per heavy atom. The molecule has 110 valence electrons. The maximum Gasteiger partial charge on any atom is 0.268 e. The van der Waals surface area contributed by atoms with Gasteiger partial charge in [0.25, 0.3) is 5.91 Å². The molecule has 0 radical (unpaired) electrons. The molecule has 0 fully saturated rings. The van der Waals surface area contributed by atoms with Gasteiger partial charge in [-0.25, -0.2) is 0 Å². The molecule has 20 heavy (non-hydrogen) atoms. The lowest BCUT2D eigenvalue weighted by atomic mass is 10.0. The number of anilines is 1. The van der Waals surface area contributed by atoms with Crippen LogP contribution >= 0.6 is 0 Å². The fourth-order valence-corrected chi connectivity index (χ4v) is 2.35. The van der Waals surface area contributed by atoms with Crippen LogP contribution in [0, 0.1) is 5.92 Å². The van der Waals surface area contributed by atoms with Gasteiger partial charge in [0, 0.05) is 7.05 Å². The first kappa shape index (κ1) is 14.8. The lowest BCUT2D eigenvalue weighted by Crippen LogP contribution is -2.46. The largest absolute Gasteiger partial charge is 0.478 e. The van der Waals surface area contributed by atoms with Crippen molar-refractivity contribution < 1.29 is 14.6 Å². The lowest BCUT2D eigenvalue weighted by Gasteiger charge is -2.34. The van der Waals surface area contributed by atoms with E-state index in [1.54, 1.807) is 18.0 Å². The van der Waals surface area contributed by atoms with Crippen LogP contribution in [0.5, 0.6) is 5.75 Å². The molecule has 5 heteroatoms. The molecule has 0 saturated heterocycles. The van der Waals surface area contributed by atoms with Crippen molar-refractivity contribution in [2.45, 2.75) is 32.5 Å². The number of rotatable bonds is 4. The Kier molecular flexibility index (Phi) is 4.30. The fraction of sp³-hybridized carbons (Fsp3) is 0.533. The standard InChI is InChI=1S/C15H22N2O3/c1-9(2)14-15(19)17(3)11-8-10(12(18)6-7-16)4-5-13(11)20-14/h4-5,8-9,12,14,18H,6-7,16H2,1-3H3. The minimum absolute atomic E-state index is 0.0574. The van der Waals surface area contributed by atoms with E-state index in [4.69, 9.17) is 10.5 Å². The molecule has 1 aromatic rings. The molecule has 1 heterocycles. The minimum Gasteiger partial charge on any atom is -0.478 e. The van der Waals surface area contributed by atoms with E-state index < -0.39 is 12.2 Å². The molecule has 2 rings (SSSR count). The maximum absolute atomic E-state index is 12.3. The average molecular weight is 278 g/mol. The third-order valence-electron chi connectivity index (χ3n) is 3.60. The summed E-state index contributed by atoms with van der Waals surface area (Å²) >= 11 is 0. The van der Waals surface area contributed by atoms with Crippen LogP contribution in [-0.2, 0) is 4.79 Å². The van der Waals surface area contributed by atoms with E-state index in [2.05, 4.69) is 0 Å². The quantitative estimate of drug-likeness (QED) is 0.874. The van der Waals surface area contributed by atoms with Crippen molar-refractivity contribution in [3.63, 3.8) is 0 Å². The Balaban J connectivity index is 2.33. The summed E-state index contributed by atoms with van der Waals surface area (Å²) in [6.07, 6.45) is -0.574. The van der Waals surface area contributed by atoms with E-state index in [-0.39, 0.29) is 11.8 Å². The fourth-order valence-electron chi connectivity index (χ4n) is 2.35. The SMILES string of the molecule is CC(C)C1Oc2ccc(C(O)CCN)cc2N(C)C1=O. The summed E-state index contributed by atoms with van der Waals surface area (Å²) < 4.78 is 5.77. The predicted molar refractivity (Wildman–Crippen MR) is 77.7 cm³/mol. The first-order chi connectivity index (χ1) is 9.45. The van der Waals surface area contributed by atoms with Gasteiger partial charge in [-0.1, -0.05) is 19.9 Å². The number of hydrogen-bond acceptors (Lipinski definition) is 4. The predicted octanol–water partition coefficient (Wildman–Crippen LogP) is 1.45. The van der Waals surface area contributed by atoms with Gasteiger partial charge in [-0.2, -0.15) is 0 Å². The zero-order valence-corrected chi connectivity index (χ0v) is 12.2. The average Bonchev–Trinajstić information content (AvgIpc) is 2.42. The molecule has 5 nitrogen and oxygen atoms in total. The van der Waals surface area contributed by atoms with Gasteiger partial charge in [0.15, 0.2) is 6.10 Å². The molecule has 1 aliphatic rings. The molecule has 2 atom stereocenters. The van der Waals surface area contributed by atoms with Gasteiger partial charge in [0.2, 0.25) is 0 Å². The van der Waals surface area contributed by atoms with Crippen molar-refractivity contribution in [2.24, 2.45) is 11.7 Å². The van der Waals surface area contributed by atoms with Crippen molar-refractivity contribution in [3.05, 3.63) is 23.8 Å². The molecule has 0 saturated carbocycles. The number of fused-ring (bicyclic) bond motifs is 1. The maximum atomic E-state index is 12.3. The second kappa shape index (κ2) is 5.81. The van der Waals surface area contributed by atoms with Crippen LogP contribution in [0.4, 0.5) is 5.69 Å². The molecule has 0 bridgehead atoms. The highest BCUT2D eigenvalue weighted by atomic mass is 16.5. The lowest BCUT2D eigenvalue weighted by molar-refractivity contribution is -0.127. The smallest absolute Gasteiger partial charge is 0.268 e. The summed E-state index contributed by atoms with van der Waals surface area (Å²) in [5, 5.41) is 9.99. The monoisotopic (exact) mass is 278 g/mol. The summed E-state index contributed by atoms with van der Waals surface area (Å²) in [4.78, 5) is 13.9. The number of hydrogen-bond donors (Lipinski definition) is 2. The Morgan fingerprint density at radius 1 is 1.45 bits per heavy atom. The van der Waals surface area contributed by atoms with Crippen molar-refractivity contribution >= 4 is 11.6 Å². The van der Waals surface area contributed by atoms with Crippen molar-refractivity contribution in [1.82, 2.24) is 0 Å². The highest BCUT2D eigenvalue weighted by Crippen LogP contribution is 2.37. The minimum atomic E-state index is -0.614. The number of nitrogens with zero attached hydrogens (tertiary/aromatic N) is 1. The van der Waals surface area contributed by atoms with Gasteiger partial charge < -0.3 is 20.5 Å². The summed E-state index contributed by atoms with van der Waals surface area (Å²) in [7, 11) is 1.73. The summed E-state index contributed by atoms with van der Waals surface area (Å²) in [6.45, 7) is 4.33. The molecule has 0 aromatic heterocycles. The van der Waals surface area contributed by atoms with E-state index in [0.717, 1.165) is 5.56 Å². The van der Waals surface area contributed by atoms with Gasteiger partial charge in [-0.3, -0.25) is 4.79 Å². The molecule has 2 unspecified atom stereocenters. The highest BCUT2D eigenvalue weighted by Gasteiger charge is 2.34. The van der Waals surface area contributed by atoms with E-state index in [9.17, 15) is 9.90 Å². The van der Waals surface area contributed by atoms with Gasteiger partial charge in [0.05, 0.1) is 11.8 Å². The zero-order chi connectivity index (χ0) is 14.9.